The Morgan fingerprint density at radius 2 is 2.25 bits per heavy atom. The van der Waals surface area contributed by atoms with Crippen molar-refractivity contribution < 1.29 is 22.7 Å². The zero-order chi connectivity index (χ0) is 11.5. The van der Waals surface area contributed by atoms with Crippen molar-refractivity contribution >= 4 is 11.1 Å². The van der Waals surface area contributed by atoms with Crippen LogP contribution < -0.4 is 9.47 Å². The van der Waals surface area contributed by atoms with Gasteiger partial charge in [-0.05, 0) is 19.1 Å². The second-order valence-corrected chi connectivity index (χ2v) is 2.92. The maximum atomic E-state index is 11.9. The molecule has 0 aliphatic carbocycles. The van der Waals surface area contributed by atoms with Crippen LogP contribution in [0.25, 0.3) is 11.1 Å². The van der Waals surface area contributed by atoms with Gasteiger partial charge in [-0.3, -0.25) is 0 Å². The van der Waals surface area contributed by atoms with E-state index in [2.05, 4.69) is 9.72 Å². The first-order chi connectivity index (χ1) is 7.69. The van der Waals surface area contributed by atoms with E-state index in [1.54, 1.807) is 18.2 Å². The molecule has 6 heteroatoms. The van der Waals surface area contributed by atoms with Gasteiger partial charge in [0.25, 0.3) is 0 Å². The molecule has 0 fully saturated rings. The number of nitrogens with zero attached hydrogens (tertiary/aromatic N) is 1. The molecule has 0 bridgehead atoms. The second kappa shape index (κ2) is 4.34. The van der Waals surface area contributed by atoms with Gasteiger partial charge in [-0.2, -0.15) is 13.8 Å². The highest BCUT2D eigenvalue weighted by atomic mass is 19.3. The van der Waals surface area contributed by atoms with Gasteiger partial charge >= 0.3 is 12.7 Å². The third-order valence-electron chi connectivity index (χ3n) is 1.84. The molecule has 86 valence electrons. The summed E-state index contributed by atoms with van der Waals surface area (Å²) in [6.07, 6.45) is -0.446. The van der Waals surface area contributed by atoms with E-state index in [9.17, 15) is 8.78 Å². The van der Waals surface area contributed by atoms with Crippen LogP contribution >= 0.6 is 0 Å². The summed E-state index contributed by atoms with van der Waals surface area (Å²) in [5.74, 6) is 0.604. The van der Waals surface area contributed by atoms with Crippen molar-refractivity contribution in [2.24, 2.45) is 0 Å². The average molecular weight is 229 g/mol. The van der Waals surface area contributed by atoms with Gasteiger partial charge in [0, 0.05) is 6.07 Å². The highest BCUT2D eigenvalue weighted by molar-refractivity contribution is 5.74. The molecule has 1 heterocycles. The second-order valence-electron chi connectivity index (χ2n) is 2.92. The Labute approximate surface area is 89.8 Å². The Kier molecular flexibility index (Phi) is 2.89. The van der Waals surface area contributed by atoms with Crippen molar-refractivity contribution in [3.05, 3.63) is 18.2 Å². The maximum absolute atomic E-state index is 11.9. The summed E-state index contributed by atoms with van der Waals surface area (Å²) in [6, 6.07) is 4.86. The largest absolute Gasteiger partial charge is 0.494 e. The van der Waals surface area contributed by atoms with Crippen LogP contribution in [0, 0.1) is 0 Å². The zero-order valence-electron chi connectivity index (χ0n) is 8.44. The quantitative estimate of drug-likeness (QED) is 0.808. The fourth-order valence-electron chi connectivity index (χ4n) is 1.27. The van der Waals surface area contributed by atoms with Crippen molar-refractivity contribution in [3.63, 3.8) is 0 Å². The Balaban J connectivity index is 2.30. The first-order valence-electron chi connectivity index (χ1n) is 4.67. The van der Waals surface area contributed by atoms with Crippen molar-refractivity contribution in [2.75, 3.05) is 6.61 Å². The molecule has 0 spiro atoms. The molecule has 1 aromatic carbocycles. The van der Waals surface area contributed by atoms with E-state index in [0.717, 1.165) is 0 Å². The van der Waals surface area contributed by atoms with E-state index in [4.69, 9.17) is 9.15 Å². The standard InChI is InChI=1S/C10H9F2NO3/c1-2-14-6-3-4-8-7(5-6)13-10(15-8)16-9(11)12/h3-5,9H,2H2,1H3. The van der Waals surface area contributed by atoms with Gasteiger partial charge in [0.1, 0.15) is 11.3 Å². The van der Waals surface area contributed by atoms with E-state index in [-0.39, 0.29) is 0 Å². The first kappa shape index (κ1) is 10.7. The number of oxazole rings is 1. The Hall–Kier alpha value is -1.85. The summed E-state index contributed by atoms with van der Waals surface area (Å²) < 4.78 is 38.0. The molecular weight excluding hydrogens is 220 g/mol. The Morgan fingerprint density at radius 1 is 1.44 bits per heavy atom. The lowest BCUT2D eigenvalue weighted by Crippen LogP contribution is -2.01. The summed E-state index contributed by atoms with van der Waals surface area (Å²) in [5.41, 5.74) is 0.792. The lowest BCUT2D eigenvalue weighted by atomic mass is 10.3. The van der Waals surface area contributed by atoms with Crippen LogP contribution in [0.2, 0.25) is 0 Å². The summed E-state index contributed by atoms with van der Waals surface area (Å²) in [7, 11) is 0. The Bertz CT molecular complexity index is 484. The predicted octanol–water partition coefficient (Wildman–Crippen LogP) is 2.83. The highest BCUT2D eigenvalue weighted by Gasteiger charge is 2.12. The predicted molar refractivity (Wildman–Crippen MR) is 51.8 cm³/mol. The van der Waals surface area contributed by atoms with Crippen molar-refractivity contribution in [1.29, 1.82) is 0 Å². The summed E-state index contributed by atoms with van der Waals surface area (Å²) in [6.45, 7) is -0.582. The number of fused-ring (bicyclic) bond motifs is 1. The fraction of sp³-hybridized carbons (Fsp3) is 0.300. The number of hydrogen-bond donors (Lipinski definition) is 0. The number of benzene rings is 1. The SMILES string of the molecule is CCOc1ccc2oc(OC(F)F)nc2c1. The third-order valence-corrected chi connectivity index (χ3v) is 1.84. The molecule has 0 aliphatic rings. The van der Waals surface area contributed by atoms with Crippen LogP contribution in [0.5, 0.6) is 11.8 Å². The van der Waals surface area contributed by atoms with Gasteiger partial charge in [0.05, 0.1) is 6.61 Å². The number of rotatable bonds is 4. The number of alkyl halides is 2. The number of hydrogen-bond acceptors (Lipinski definition) is 4. The molecule has 0 amide bonds. The minimum absolute atomic E-state index is 0.374. The van der Waals surface area contributed by atoms with Gasteiger partial charge in [0.15, 0.2) is 5.58 Å². The van der Waals surface area contributed by atoms with Crippen molar-refractivity contribution in [2.45, 2.75) is 13.5 Å². The van der Waals surface area contributed by atoms with E-state index in [0.29, 0.717) is 23.5 Å². The molecule has 2 aromatic rings. The molecule has 2 rings (SSSR count). The smallest absolute Gasteiger partial charge is 0.399 e. The number of halogens is 2. The molecule has 0 atom stereocenters. The molecular formula is C10H9F2NO3. The lowest BCUT2D eigenvalue weighted by Gasteiger charge is -2.00. The van der Waals surface area contributed by atoms with Gasteiger partial charge in [-0.1, -0.05) is 0 Å². The minimum atomic E-state index is -2.94. The number of ether oxygens (including phenoxy) is 2. The average Bonchev–Trinajstić information content (AvgIpc) is 2.58. The van der Waals surface area contributed by atoms with Gasteiger partial charge in [-0.15, -0.1) is 0 Å². The minimum Gasteiger partial charge on any atom is -0.494 e. The molecule has 1 aromatic heterocycles. The fourth-order valence-corrected chi connectivity index (χ4v) is 1.27. The highest BCUT2D eigenvalue weighted by Crippen LogP contribution is 2.25. The first-order valence-corrected chi connectivity index (χ1v) is 4.67. The molecule has 0 saturated heterocycles. The topological polar surface area (TPSA) is 44.5 Å². The van der Waals surface area contributed by atoms with Gasteiger partial charge < -0.3 is 13.9 Å². The maximum Gasteiger partial charge on any atom is 0.399 e. The van der Waals surface area contributed by atoms with Gasteiger partial charge in [-0.25, -0.2) is 0 Å². The van der Waals surface area contributed by atoms with E-state index in [1.807, 2.05) is 6.92 Å². The van der Waals surface area contributed by atoms with Crippen molar-refractivity contribution in [3.8, 4) is 11.8 Å². The zero-order valence-corrected chi connectivity index (χ0v) is 8.44. The van der Waals surface area contributed by atoms with Crippen LogP contribution in [0.1, 0.15) is 6.92 Å². The molecule has 4 nitrogen and oxygen atoms in total. The van der Waals surface area contributed by atoms with Crippen LogP contribution in [0.15, 0.2) is 22.6 Å². The van der Waals surface area contributed by atoms with Crippen LogP contribution in [0.4, 0.5) is 8.78 Å². The molecule has 0 radical (unpaired) electrons. The summed E-state index contributed by atoms with van der Waals surface area (Å²) in [5, 5.41) is 0. The lowest BCUT2D eigenvalue weighted by molar-refractivity contribution is -0.0664. The Morgan fingerprint density at radius 3 is 2.94 bits per heavy atom. The molecule has 0 saturated carbocycles. The molecule has 0 N–H and O–H groups in total. The third kappa shape index (κ3) is 2.21. The van der Waals surface area contributed by atoms with E-state index in [1.165, 1.54) is 0 Å². The van der Waals surface area contributed by atoms with Gasteiger partial charge in [0.2, 0.25) is 0 Å². The van der Waals surface area contributed by atoms with E-state index >= 15 is 0 Å². The number of aromatic nitrogens is 1. The molecule has 16 heavy (non-hydrogen) atoms. The van der Waals surface area contributed by atoms with Crippen LogP contribution in [-0.2, 0) is 0 Å². The molecule has 0 unspecified atom stereocenters. The summed E-state index contributed by atoms with van der Waals surface area (Å²) in [4.78, 5) is 3.75. The summed E-state index contributed by atoms with van der Waals surface area (Å²) >= 11 is 0. The van der Waals surface area contributed by atoms with Crippen LogP contribution in [-0.4, -0.2) is 18.2 Å². The molecule has 0 aliphatic heterocycles. The van der Waals surface area contributed by atoms with Crippen molar-refractivity contribution in [1.82, 2.24) is 4.98 Å². The normalized spacial score (nSPS) is 11.0. The van der Waals surface area contributed by atoms with E-state index < -0.39 is 12.7 Å². The van der Waals surface area contributed by atoms with Crippen LogP contribution in [0.3, 0.4) is 0 Å². The monoisotopic (exact) mass is 229 g/mol.